The number of aliphatic carboxylic acids is 1. The molecule has 0 unspecified atom stereocenters. The van der Waals surface area contributed by atoms with Gasteiger partial charge in [0, 0.05) is 11.0 Å². The van der Waals surface area contributed by atoms with E-state index in [4.69, 9.17) is 19.9 Å². The van der Waals surface area contributed by atoms with Crippen LogP contribution in [0.5, 0.6) is 0 Å². The third-order valence-corrected chi connectivity index (χ3v) is 16.1. The average molecular weight is 697 g/mol. The highest BCUT2D eigenvalue weighted by molar-refractivity contribution is 5.86. The zero-order chi connectivity index (χ0) is 36.8. The van der Waals surface area contributed by atoms with Crippen LogP contribution in [0.2, 0.25) is 0 Å². The molecule has 6 rings (SSSR count). The number of aromatic nitrogens is 3. The van der Waals surface area contributed by atoms with Gasteiger partial charge in [-0.25, -0.2) is 9.48 Å². The summed E-state index contributed by atoms with van der Waals surface area (Å²) < 4.78 is 20.7. The first-order valence-corrected chi connectivity index (χ1v) is 19.2. The van der Waals surface area contributed by atoms with Crippen LogP contribution in [0.4, 0.5) is 0 Å². The van der Waals surface area contributed by atoms with Gasteiger partial charge in [0.15, 0.2) is 5.69 Å². The van der Waals surface area contributed by atoms with Crippen molar-refractivity contribution in [3.8, 4) is 0 Å². The van der Waals surface area contributed by atoms with E-state index in [1.165, 1.54) is 12.7 Å². The molecule has 2 heterocycles. The summed E-state index contributed by atoms with van der Waals surface area (Å²) >= 11 is 0. The van der Waals surface area contributed by atoms with Gasteiger partial charge in [-0.1, -0.05) is 79.2 Å². The Morgan fingerprint density at radius 1 is 1.10 bits per heavy atom. The lowest BCUT2D eigenvalue weighted by atomic mass is 9.34. The largest absolute Gasteiger partial charge is 0.481 e. The lowest BCUT2D eigenvalue weighted by molar-refractivity contribution is -0.254. The summed E-state index contributed by atoms with van der Waals surface area (Å²) in [5.41, 5.74) is 6.28. The van der Waals surface area contributed by atoms with Crippen LogP contribution >= 0.6 is 0 Å². The molecular weight excluding hydrogens is 632 g/mol. The second-order valence-corrected chi connectivity index (χ2v) is 19.1. The molecule has 5 aliphatic rings. The normalized spacial score (nSPS) is 42.8. The molecule has 2 bridgehead atoms. The van der Waals surface area contributed by atoms with Gasteiger partial charge in [-0.05, 0) is 96.7 Å². The summed E-state index contributed by atoms with van der Waals surface area (Å²) in [6.07, 6.45) is 9.18. The molecule has 3 saturated carbocycles. The van der Waals surface area contributed by atoms with E-state index >= 15 is 0 Å². The molecule has 1 aromatic heterocycles. The van der Waals surface area contributed by atoms with Crippen LogP contribution in [0.25, 0.3) is 0 Å². The highest BCUT2D eigenvalue weighted by Gasteiger charge is 2.72. The number of hydrogen-bond donors (Lipinski definition) is 2. The van der Waals surface area contributed by atoms with Crippen LogP contribution in [-0.2, 0) is 19.0 Å². The maximum Gasteiger partial charge on any atom is 0.360 e. The second-order valence-electron chi connectivity index (χ2n) is 19.1. The SMILES string of the molecule is COC(=O)c1cn([C@@H]2C[C@]3(C)COC[C@@]4(C5=CC[C@@]6(C)[C@H](C(=O)O)[C@@](C)([C@H](C)C(C)C)CC[C@]6(C)[C@H]5CC[C@H]34)[C@H]2OC[C@](C)(N)C(C)C)nn1. The van der Waals surface area contributed by atoms with E-state index in [0.29, 0.717) is 38.1 Å². The van der Waals surface area contributed by atoms with E-state index in [2.05, 4.69) is 85.6 Å². The molecule has 50 heavy (non-hydrogen) atoms. The van der Waals surface area contributed by atoms with Gasteiger partial charge in [-0.2, -0.15) is 0 Å². The number of carboxylic acids is 1. The Morgan fingerprint density at radius 2 is 1.80 bits per heavy atom. The minimum Gasteiger partial charge on any atom is -0.481 e. The predicted octanol–water partition coefficient (Wildman–Crippen LogP) is 6.95. The summed E-state index contributed by atoms with van der Waals surface area (Å²) in [6.45, 7) is 23.9. The quantitative estimate of drug-likeness (QED) is 0.207. The lowest BCUT2D eigenvalue weighted by Crippen LogP contribution is -2.70. The number of carbonyl (C=O) groups is 2. The Labute approximate surface area is 299 Å². The second kappa shape index (κ2) is 12.4. The molecule has 10 nitrogen and oxygen atoms in total. The molecule has 12 atom stereocenters. The Bertz CT molecular complexity index is 1520. The third kappa shape index (κ3) is 5.19. The molecule has 1 aromatic rings. The van der Waals surface area contributed by atoms with Crippen LogP contribution in [0.15, 0.2) is 17.8 Å². The van der Waals surface area contributed by atoms with E-state index in [9.17, 15) is 14.7 Å². The predicted molar refractivity (Wildman–Crippen MR) is 191 cm³/mol. The molecule has 3 N–H and O–H groups in total. The summed E-state index contributed by atoms with van der Waals surface area (Å²) in [5.74, 6) is -0.298. The molecule has 10 heteroatoms. The monoisotopic (exact) mass is 696 g/mol. The van der Waals surface area contributed by atoms with Crippen molar-refractivity contribution in [2.24, 2.45) is 68.3 Å². The topological polar surface area (TPSA) is 139 Å². The van der Waals surface area contributed by atoms with Crippen molar-refractivity contribution in [2.45, 2.75) is 125 Å². The molecular formula is C40H64N4O6. The van der Waals surface area contributed by atoms with Crippen LogP contribution in [-0.4, -0.2) is 70.6 Å². The van der Waals surface area contributed by atoms with Gasteiger partial charge in [-0.15, -0.1) is 5.10 Å². The van der Waals surface area contributed by atoms with Crippen LogP contribution in [0.1, 0.15) is 124 Å². The number of allylic oxidation sites excluding steroid dienone is 1. The van der Waals surface area contributed by atoms with Gasteiger partial charge in [-0.3, -0.25) is 4.79 Å². The van der Waals surface area contributed by atoms with Crippen molar-refractivity contribution in [1.82, 2.24) is 15.0 Å². The van der Waals surface area contributed by atoms with Crippen molar-refractivity contribution in [3.63, 3.8) is 0 Å². The maximum absolute atomic E-state index is 13.5. The van der Waals surface area contributed by atoms with Gasteiger partial charge in [0.05, 0.1) is 51.2 Å². The molecule has 4 aliphatic carbocycles. The first-order valence-electron chi connectivity index (χ1n) is 19.2. The molecule has 0 aromatic carbocycles. The first kappa shape index (κ1) is 37.5. The van der Waals surface area contributed by atoms with E-state index in [1.807, 2.05) is 4.68 Å². The summed E-state index contributed by atoms with van der Waals surface area (Å²) in [4.78, 5) is 26.1. The Balaban J connectivity index is 1.52. The van der Waals surface area contributed by atoms with Gasteiger partial charge < -0.3 is 25.1 Å². The number of nitrogens with zero attached hydrogens (tertiary/aromatic N) is 3. The van der Waals surface area contributed by atoms with E-state index in [0.717, 1.165) is 32.1 Å². The molecule has 4 fully saturated rings. The number of carboxylic acid groups (broad SMARTS) is 1. The maximum atomic E-state index is 13.5. The fraction of sp³-hybridized carbons (Fsp3) is 0.850. The first-order chi connectivity index (χ1) is 23.2. The van der Waals surface area contributed by atoms with Crippen molar-refractivity contribution < 1.29 is 28.9 Å². The fourth-order valence-electron chi connectivity index (χ4n) is 12.2. The number of rotatable bonds is 9. The number of ether oxygens (including phenoxy) is 3. The Kier molecular flexibility index (Phi) is 9.29. The zero-order valence-electron chi connectivity index (χ0n) is 32.5. The highest BCUT2D eigenvalue weighted by Crippen LogP contribution is 2.75. The van der Waals surface area contributed by atoms with E-state index in [1.54, 1.807) is 6.20 Å². The van der Waals surface area contributed by atoms with Gasteiger partial charge in [0.2, 0.25) is 0 Å². The molecule has 0 radical (unpaired) electrons. The van der Waals surface area contributed by atoms with Crippen LogP contribution in [0.3, 0.4) is 0 Å². The number of nitrogens with two attached hydrogens (primary N) is 1. The van der Waals surface area contributed by atoms with Crippen LogP contribution in [0, 0.1) is 62.6 Å². The van der Waals surface area contributed by atoms with Crippen molar-refractivity contribution in [2.75, 3.05) is 26.9 Å². The average Bonchev–Trinajstić information content (AvgIpc) is 3.54. The third-order valence-electron chi connectivity index (χ3n) is 16.1. The van der Waals surface area contributed by atoms with Gasteiger partial charge in [0.1, 0.15) is 0 Å². The molecule has 1 aliphatic heterocycles. The molecule has 1 saturated heterocycles. The number of methoxy groups -OCH3 is 1. The lowest BCUT2D eigenvalue weighted by Gasteiger charge is -2.71. The van der Waals surface area contributed by atoms with Gasteiger partial charge in [0.25, 0.3) is 0 Å². The standard InChI is InChI=1S/C40H64N4O6/c1-23(2)25(5)36(7)16-17-37(8)26-12-13-30-35(6)18-29(44-19-28(42-43-44)34(47)48-11)32(50-21-39(10,41)24(3)4)40(30,22-49-20-35)27(26)14-15-38(37,9)31(36)33(45)46/h14,19,23-26,29-32H,12-13,15-18,20-22,41H2,1-11H3,(H,45,46)/t25-,26+,29-,30-,31-,32+,35-,36-,37-,38+,39+,40+/m1/s1. The number of hydrogen-bond acceptors (Lipinski definition) is 8. The van der Waals surface area contributed by atoms with Crippen LogP contribution < -0.4 is 5.73 Å². The zero-order valence-corrected chi connectivity index (χ0v) is 32.5. The smallest absolute Gasteiger partial charge is 0.360 e. The molecule has 0 spiro atoms. The summed E-state index contributed by atoms with van der Waals surface area (Å²) in [7, 11) is 1.35. The summed E-state index contributed by atoms with van der Waals surface area (Å²) in [5, 5.41) is 19.9. The molecule has 280 valence electrons. The minimum absolute atomic E-state index is 0.168. The number of esters is 1. The van der Waals surface area contributed by atoms with E-state index < -0.39 is 34.2 Å². The van der Waals surface area contributed by atoms with E-state index in [-0.39, 0.29) is 51.8 Å². The minimum atomic E-state index is -0.659. The molecule has 0 amide bonds. The van der Waals surface area contributed by atoms with Crippen molar-refractivity contribution in [3.05, 3.63) is 23.5 Å². The van der Waals surface area contributed by atoms with Crippen molar-refractivity contribution >= 4 is 11.9 Å². The van der Waals surface area contributed by atoms with Crippen molar-refractivity contribution in [1.29, 1.82) is 0 Å². The highest BCUT2D eigenvalue weighted by atomic mass is 16.5. The van der Waals surface area contributed by atoms with Gasteiger partial charge >= 0.3 is 11.9 Å². The fourth-order valence-corrected chi connectivity index (χ4v) is 12.2. The number of carbonyl (C=O) groups excluding carboxylic acids is 1. The Hall–Kier alpha value is -2.30. The Morgan fingerprint density at radius 3 is 2.42 bits per heavy atom. The number of fused-ring (bicyclic) bond motifs is 3. The summed E-state index contributed by atoms with van der Waals surface area (Å²) in [6, 6.07) is -0.219.